The lowest BCUT2D eigenvalue weighted by Crippen LogP contribution is -2.34. The van der Waals surface area contributed by atoms with Crippen LogP contribution in [0.4, 0.5) is 0 Å². The van der Waals surface area contributed by atoms with E-state index in [1.807, 2.05) is 0 Å². The van der Waals surface area contributed by atoms with Crippen molar-refractivity contribution in [2.45, 2.75) is 44.9 Å². The van der Waals surface area contributed by atoms with E-state index in [-0.39, 0.29) is 0 Å². The Balaban J connectivity index is 1.53. The number of hydrogen-bond acceptors (Lipinski definition) is 2. The molecule has 0 N–H and O–H groups in total. The monoisotopic (exact) mass is 250 g/mol. The molecule has 0 radical (unpaired) electrons. The van der Waals surface area contributed by atoms with Crippen molar-refractivity contribution in [3.63, 3.8) is 0 Å². The average Bonchev–Trinajstić information content (AvgIpc) is 3.03. The van der Waals surface area contributed by atoms with E-state index in [1.165, 1.54) is 51.6 Å². The van der Waals surface area contributed by atoms with Gasteiger partial charge in [-0.05, 0) is 45.2 Å². The smallest absolute Gasteiger partial charge is 0.222 e. The van der Waals surface area contributed by atoms with E-state index in [0.717, 1.165) is 19.5 Å². The summed E-state index contributed by atoms with van der Waals surface area (Å²) in [5.74, 6) is 1.13. The van der Waals surface area contributed by atoms with Gasteiger partial charge in [0.05, 0.1) is 0 Å². The highest BCUT2D eigenvalue weighted by molar-refractivity contribution is 5.76. The molecule has 2 aliphatic heterocycles. The van der Waals surface area contributed by atoms with Gasteiger partial charge in [0, 0.05) is 31.5 Å². The van der Waals surface area contributed by atoms with Crippen molar-refractivity contribution in [3.8, 4) is 0 Å². The van der Waals surface area contributed by atoms with Crippen LogP contribution < -0.4 is 0 Å². The van der Waals surface area contributed by atoms with E-state index in [2.05, 4.69) is 16.8 Å². The summed E-state index contributed by atoms with van der Waals surface area (Å²) in [6.45, 7) is 4.45. The summed E-state index contributed by atoms with van der Waals surface area (Å²) in [5.41, 5.74) is 0.445. The predicted molar refractivity (Wildman–Crippen MR) is 72.3 cm³/mol. The molecule has 0 aromatic heterocycles. The molecule has 0 bridgehead atoms. The first kappa shape index (κ1) is 12.5. The Kier molecular flexibility index (Phi) is 3.35. The Hall–Kier alpha value is -0.570. The maximum Gasteiger partial charge on any atom is 0.222 e. The van der Waals surface area contributed by atoms with Gasteiger partial charge in [-0.2, -0.15) is 0 Å². The second-order valence-electron chi connectivity index (χ2n) is 6.91. The van der Waals surface area contributed by atoms with Gasteiger partial charge in [-0.25, -0.2) is 0 Å². The molecule has 3 fully saturated rings. The zero-order chi connectivity index (χ0) is 12.6. The van der Waals surface area contributed by atoms with Crippen molar-refractivity contribution in [2.24, 2.45) is 11.3 Å². The van der Waals surface area contributed by atoms with Crippen LogP contribution in [0.5, 0.6) is 0 Å². The maximum absolute atomic E-state index is 12.3. The van der Waals surface area contributed by atoms with Crippen LogP contribution in [0.1, 0.15) is 44.9 Å². The number of nitrogens with zero attached hydrogens (tertiary/aromatic N) is 2. The van der Waals surface area contributed by atoms with E-state index in [1.54, 1.807) is 0 Å². The maximum atomic E-state index is 12.3. The van der Waals surface area contributed by atoms with E-state index in [0.29, 0.717) is 17.2 Å². The Morgan fingerprint density at radius 3 is 2.56 bits per heavy atom. The second kappa shape index (κ2) is 4.84. The summed E-state index contributed by atoms with van der Waals surface area (Å²) >= 11 is 0. The molecule has 1 aliphatic carbocycles. The first-order valence-corrected chi connectivity index (χ1v) is 7.63. The molecule has 1 unspecified atom stereocenters. The fraction of sp³-hybridized carbons (Fsp3) is 0.933. The van der Waals surface area contributed by atoms with Gasteiger partial charge in [-0.3, -0.25) is 4.79 Å². The first-order valence-electron chi connectivity index (χ1n) is 7.63. The second-order valence-corrected chi connectivity index (χ2v) is 6.91. The molecular weight excluding hydrogens is 224 g/mol. The van der Waals surface area contributed by atoms with E-state index < -0.39 is 0 Å². The van der Waals surface area contributed by atoms with Crippen LogP contribution >= 0.6 is 0 Å². The molecule has 3 nitrogen and oxygen atoms in total. The lowest BCUT2D eigenvalue weighted by atomic mass is 9.86. The molecule has 3 rings (SSSR count). The topological polar surface area (TPSA) is 23.6 Å². The molecule has 0 aromatic rings. The lowest BCUT2D eigenvalue weighted by molar-refractivity contribution is -0.131. The normalized spacial score (nSPS) is 33.9. The van der Waals surface area contributed by atoms with Crippen LogP contribution in [0.25, 0.3) is 0 Å². The van der Waals surface area contributed by atoms with Gasteiger partial charge in [0.25, 0.3) is 0 Å². The third-order valence-corrected chi connectivity index (χ3v) is 5.36. The molecule has 1 spiro atoms. The zero-order valence-corrected chi connectivity index (χ0v) is 11.7. The van der Waals surface area contributed by atoms with Crippen LogP contribution in [0, 0.1) is 11.3 Å². The fourth-order valence-corrected chi connectivity index (χ4v) is 4.23. The molecule has 18 heavy (non-hydrogen) atoms. The molecule has 2 heterocycles. The fourth-order valence-electron chi connectivity index (χ4n) is 4.23. The number of hydrogen-bond donors (Lipinski definition) is 0. The Labute approximate surface area is 111 Å². The molecular formula is C15H26N2O. The van der Waals surface area contributed by atoms with Gasteiger partial charge in [-0.1, -0.05) is 12.8 Å². The minimum atomic E-state index is 0.438. The highest BCUT2D eigenvalue weighted by atomic mass is 16.2. The van der Waals surface area contributed by atoms with E-state index >= 15 is 0 Å². The molecule has 0 aromatic carbocycles. The molecule has 3 heteroatoms. The van der Waals surface area contributed by atoms with Gasteiger partial charge in [0.15, 0.2) is 0 Å². The third kappa shape index (κ3) is 2.42. The number of carbonyl (C=O) groups excluding carboxylic acids is 1. The largest absolute Gasteiger partial charge is 0.342 e. The Bertz CT molecular complexity index is 324. The zero-order valence-electron chi connectivity index (χ0n) is 11.7. The summed E-state index contributed by atoms with van der Waals surface area (Å²) in [6, 6.07) is 0. The average molecular weight is 250 g/mol. The van der Waals surface area contributed by atoms with Crippen molar-refractivity contribution in [1.82, 2.24) is 9.80 Å². The number of carbonyl (C=O) groups is 1. The Morgan fingerprint density at radius 1 is 1.17 bits per heavy atom. The van der Waals surface area contributed by atoms with Crippen LogP contribution in [0.2, 0.25) is 0 Å². The number of likely N-dealkylation sites (tertiary alicyclic amines) is 2. The predicted octanol–water partition coefficient (Wildman–Crippen LogP) is 2.12. The highest BCUT2D eigenvalue weighted by Gasteiger charge is 2.43. The highest BCUT2D eigenvalue weighted by Crippen LogP contribution is 2.39. The van der Waals surface area contributed by atoms with Crippen molar-refractivity contribution < 1.29 is 4.79 Å². The minimum Gasteiger partial charge on any atom is -0.342 e. The van der Waals surface area contributed by atoms with Gasteiger partial charge in [0.2, 0.25) is 5.91 Å². The first-order chi connectivity index (χ1) is 8.67. The van der Waals surface area contributed by atoms with Crippen molar-refractivity contribution in [3.05, 3.63) is 0 Å². The summed E-state index contributed by atoms with van der Waals surface area (Å²) < 4.78 is 0. The van der Waals surface area contributed by atoms with Gasteiger partial charge >= 0.3 is 0 Å². The van der Waals surface area contributed by atoms with Crippen LogP contribution in [0.3, 0.4) is 0 Å². The minimum absolute atomic E-state index is 0.438. The molecule has 1 atom stereocenters. The van der Waals surface area contributed by atoms with Crippen LogP contribution in [-0.4, -0.2) is 48.9 Å². The summed E-state index contributed by atoms with van der Waals surface area (Å²) in [6.07, 6.45) is 8.59. The summed E-state index contributed by atoms with van der Waals surface area (Å²) in [4.78, 5) is 16.9. The van der Waals surface area contributed by atoms with Crippen molar-refractivity contribution >= 4 is 5.91 Å². The van der Waals surface area contributed by atoms with Gasteiger partial charge < -0.3 is 9.80 Å². The standard InChI is InChI=1S/C15H26N2O/c1-16-8-6-15(11-16)7-9-17(12-15)14(18)10-13-4-2-3-5-13/h13H,2-12H2,1H3. The SMILES string of the molecule is CN1CCC2(CCN(C(=O)CC3CCCC3)C2)C1. The summed E-state index contributed by atoms with van der Waals surface area (Å²) in [5, 5.41) is 0. The quantitative estimate of drug-likeness (QED) is 0.749. The van der Waals surface area contributed by atoms with Crippen molar-refractivity contribution in [2.75, 3.05) is 33.2 Å². The summed E-state index contributed by atoms with van der Waals surface area (Å²) in [7, 11) is 2.21. The molecule has 1 amide bonds. The molecule has 1 saturated carbocycles. The van der Waals surface area contributed by atoms with Gasteiger partial charge in [0.1, 0.15) is 0 Å². The molecule has 3 aliphatic rings. The number of rotatable bonds is 2. The molecule has 2 saturated heterocycles. The Morgan fingerprint density at radius 2 is 1.89 bits per heavy atom. The lowest BCUT2D eigenvalue weighted by Gasteiger charge is -2.24. The van der Waals surface area contributed by atoms with E-state index in [9.17, 15) is 4.79 Å². The number of amides is 1. The van der Waals surface area contributed by atoms with Crippen molar-refractivity contribution in [1.29, 1.82) is 0 Å². The van der Waals surface area contributed by atoms with E-state index in [4.69, 9.17) is 0 Å². The third-order valence-electron chi connectivity index (χ3n) is 5.36. The van der Waals surface area contributed by atoms with Crippen LogP contribution in [0.15, 0.2) is 0 Å². The van der Waals surface area contributed by atoms with Crippen LogP contribution in [-0.2, 0) is 4.79 Å². The molecule has 102 valence electrons. The van der Waals surface area contributed by atoms with Gasteiger partial charge in [-0.15, -0.1) is 0 Å².